The molecule has 1 aliphatic heterocycles. The predicted molar refractivity (Wildman–Crippen MR) is 123 cm³/mol. The number of hydrogen-bond donors (Lipinski definition) is 5. The fourth-order valence-electron chi connectivity index (χ4n) is 4.30. The Morgan fingerprint density at radius 1 is 0.947 bits per heavy atom. The van der Waals surface area contributed by atoms with E-state index in [0.29, 0.717) is 5.56 Å². The van der Waals surface area contributed by atoms with E-state index in [9.17, 15) is 39.6 Å². The van der Waals surface area contributed by atoms with Crippen molar-refractivity contribution >= 4 is 23.5 Å². The van der Waals surface area contributed by atoms with E-state index in [1.165, 1.54) is 31.4 Å². The molecular weight excluding hydrogens is 508 g/mol. The molecular formula is C25H24O13. The van der Waals surface area contributed by atoms with Crippen LogP contribution in [0.2, 0.25) is 0 Å². The first-order valence-electron chi connectivity index (χ1n) is 11.3. The van der Waals surface area contributed by atoms with Crippen LogP contribution in [0.4, 0.5) is 0 Å². The molecule has 1 fully saturated rings. The normalized spacial score (nSPS) is 24.3. The maximum atomic E-state index is 13.4. The van der Waals surface area contributed by atoms with E-state index in [4.69, 9.17) is 24.1 Å². The number of carboxylic acid groups (broad SMARTS) is 1. The number of aromatic hydroxyl groups is 1. The van der Waals surface area contributed by atoms with E-state index in [1.54, 1.807) is 6.92 Å². The van der Waals surface area contributed by atoms with E-state index in [1.807, 2.05) is 0 Å². The van der Waals surface area contributed by atoms with Crippen LogP contribution < -0.4 is 9.47 Å². The molecule has 202 valence electrons. The molecule has 13 heteroatoms. The first-order chi connectivity index (χ1) is 17.9. The molecule has 4 rings (SSSR count). The molecule has 5 N–H and O–H groups in total. The first-order valence-corrected chi connectivity index (χ1v) is 11.3. The van der Waals surface area contributed by atoms with Gasteiger partial charge < -0.3 is 44.5 Å². The lowest BCUT2D eigenvalue weighted by Gasteiger charge is -2.40. The van der Waals surface area contributed by atoms with Crippen molar-refractivity contribution in [1.29, 1.82) is 0 Å². The van der Waals surface area contributed by atoms with E-state index < -0.39 is 73.0 Å². The van der Waals surface area contributed by atoms with Crippen LogP contribution in [0.25, 0.3) is 0 Å². The number of benzene rings is 2. The number of hydrogen-bond acceptors (Lipinski definition) is 12. The molecule has 38 heavy (non-hydrogen) atoms. The van der Waals surface area contributed by atoms with Crippen molar-refractivity contribution in [1.82, 2.24) is 0 Å². The summed E-state index contributed by atoms with van der Waals surface area (Å²) in [5.41, 5.74) is -0.0800. The van der Waals surface area contributed by atoms with Crippen molar-refractivity contribution < 1.29 is 63.7 Å². The zero-order valence-electron chi connectivity index (χ0n) is 20.1. The van der Waals surface area contributed by atoms with Crippen molar-refractivity contribution in [3.05, 3.63) is 52.1 Å². The smallest absolute Gasteiger partial charge is 0.317 e. The van der Waals surface area contributed by atoms with Gasteiger partial charge in [-0.15, -0.1) is 0 Å². The number of aliphatic hydroxyl groups is 3. The SMILES string of the molecule is COc1cc(OC2OC(COC(=O)CC(=O)O)C(O)C(O)C2O)c2c(c1)C(=O)c1cc(C)cc(O)c1C2=O. The van der Waals surface area contributed by atoms with Gasteiger partial charge in [-0.2, -0.15) is 0 Å². The Hall–Kier alpha value is -4.04. The summed E-state index contributed by atoms with van der Waals surface area (Å²) in [7, 11) is 1.30. The average molecular weight is 532 g/mol. The number of carbonyl (C=O) groups is 4. The highest BCUT2D eigenvalue weighted by atomic mass is 16.7. The lowest BCUT2D eigenvalue weighted by Crippen LogP contribution is -2.60. The molecule has 0 amide bonds. The first kappa shape index (κ1) is 27.0. The highest BCUT2D eigenvalue weighted by molar-refractivity contribution is 6.30. The Balaban J connectivity index is 1.68. The van der Waals surface area contributed by atoms with Gasteiger partial charge >= 0.3 is 11.9 Å². The maximum absolute atomic E-state index is 13.4. The molecule has 1 heterocycles. The van der Waals surface area contributed by atoms with E-state index in [-0.39, 0.29) is 33.8 Å². The van der Waals surface area contributed by atoms with E-state index >= 15 is 0 Å². The van der Waals surface area contributed by atoms with Gasteiger partial charge in [0.05, 0.1) is 18.2 Å². The Morgan fingerprint density at radius 2 is 1.63 bits per heavy atom. The van der Waals surface area contributed by atoms with Crippen LogP contribution in [0.3, 0.4) is 0 Å². The maximum Gasteiger partial charge on any atom is 0.317 e. The predicted octanol–water partition coefficient (Wildman–Crippen LogP) is -0.311. The summed E-state index contributed by atoms with van der Waals surface area (Å²) in [4.78, 5) is 49.0. The van der Waals surface area contributed by atoms with Gasteiger partial charge in [0.1, 0.15) is 54.7 Å². The average Bonchev–Trinajstić information content (AvgIpc) is 2.85. The fourth-order valence-corrected chi connectivity index (χ4v) is 4.30. The van der Waals surface area contributed by atoms with Crippen molar-refractivity contribution in [2.75, 3.05) is 13.7 Å². The summed E-state index contributed by atoms with van der Waals surface area (Å²) < 4.78 is 21.2. The van der Waals surface area contributed by atoms with Crippen LogP contribution in [-0.2, 0) is 19.1 Å². The molecule has 2 aliphatic rings. The highest BCUT2D eigenvalue weighted by Gasteiger charge is 2.46. The second kappa shape index (κ2) is 10.4. The van der Waals surface area contributed by atoms with Gasteiger partial charge in [0.2, 0.25) is 12.1 Å². The molecule has 0 saturated carbocycles. The Kier molecular flexibility index (Phi) is 7.37. The quantitative estimate of drug-likeness (QED) is 0.196. The minimum Gasteiger partial charge on any atom is -0.507 e. The van der Waals surface area contributed by atoms with Crippen molar-refractivity contribution in [3.8, 4) is 17.2 Å². The highest BCUT2D eigenvalue weighted by Crippen LogP contribution is 2.40. The Labute approximate surface area is 214 Å². The molecule has 1 saturated heterocycles. The van der Waals surface area contributed by atoms with Crippen molar-refractivity contribution in [3.63, 3.8) is 0 Å². The van der Waals surface area contributed by atoms with Crippen LogP contribution in [-0.4, -0.2) is 93.5 Å². The summed E-state index contributed by atoms with van der Waals surface area (Å²) in [6, 6.07) is 5.32. The van der Waals surface area contributed by atoms with Crippen LogP contribution in [0.5, 0.6) is 17.2 Å². The third-order valence-electron chi connectivity index (χ3n) is 6.13. The van der Waals surface area contributed by atoms with Gasteiger partial charge in [0.25, 0.3) is 0 Å². The molecule has 5 atom stereocenters. The summed E-state index contributed by atoms with van der Waals surface area (Å²) in [6.45, 7) is 0.954. The molecule has 0 bridgehead atoms. The molecule has 2 aromatic rings. The lowest BCUT2D eigenvalue weighted by atomic mass is 9.82. The third-order valence-corrected chi connectivity index (χ3v) is 6.13. The topological polar surface area (TPSA) is 206 Å². The molecule has 0 spiro atoms. The third kappa shape index (κ3) is 4.91. The molecule has 0 aromatic heterocycles. The number of methoxy groups -OCH3 is 1. The minimum atomic E-state index is -1.87. The van der Waals surface area contributed by atoms with Gasteiger partial charge in [0, 0.05) is 17.2 Å². The second-order valence-electron chi connectivity index (χ2n) is 8.80. The van der Waals surface area contributed by atoms with Gasteiger partial charge in [0.15, 0.2) is 5.78 Å². The van der Waals surface area contributed by atoms with Crippen LogP contribution in [0, 0.1) is 6.92 Å². The summed E-state index contributed by atoms with van der Waals surface area (Å²) in [6.07, 6.45) is -9.63. The number of carboxylic acids is 1. The van der Waals surface area contributed by atoms with Crippen LogP contribution in [0.1, 0.15) is 43.8 Å². The summed E-state index contributed by atoms with van der Waals surface area (Å²) in [5.74, 6) is -4.53. The van der Waals surface area contributed by atoms with Gasteiger partial charge in [-0.1, -0.05) is 0 Å². The molecule has 0 radical (unpaired) electrons. The van der Waals surface area contributed by atoms with Gasteiger partial charge in [-0.3, -0.25) is 19.2 Å². The number of phenolic OH excluding ortho intramolecular Hbond substituents is 1. The minimum absolute atomic E-state index is 0.0186. The number of rotatable bonds is 7. The molecule has 13 nitrogen and oxygen atoms in total. The van der Waals surface area contributed by atoms with Crippen molar-refractivity contribution in [2.45, 2.75) is 44.1 Å². The number of carbonyl (C=O) groups excluding carboxylic acids is 3. The van der Waals surface area contributed by atoms with Crippen LogP contribution in [0.15, 0.2) is 24.3 Å². The number of aryl methyl sites for hydroxylation is 1. The summed E-state index contributed by atoms with van der Waals surface area (Å²) in [5, 5.41) is 50.2. The Bertz CT molecular complexity index is 1320. The molecule has 1 aliphatic carbocycles. The van der Waals surface area contributed by atoms with Crippen LogP contribution >= 0.6 is 0 Å². The van der Waals surface area contributed by atoms with Crippen molar-refractivity contribution in [2.24, 2.45) is 0 Å². The number of aliphatic hydroxyl groups excluding tert-OH is 3. The monoisotopic (exact) mass is 532 g/mol. The van der Waals surface area contributed by atoms with E-state index in [0.717, 1.165) is 0 Å². The van der Waals surface area contributed by atoms with Gasteiger partial charge in [-0.25, -0.2) is 0 Å². The number of ether oxygens (including phenoxy) is 4. The van der Waals surface area contributed by atoms with E-state index in [2.05, 4.69) is 0 Å². The molecule has 2 aromatic carbocycles. The number of aliphatic carboxylic acids is 1. The zero-order chi connectivity index (χ0) is 27.9. The number of esters is 1. The largest absolute Gasteiger partial charge is 0.507 e. The second-order valence-corrected chi connectivity index (χ2v) is 8.80. The fraction of sp³-hybridized carbons (Fsp3) is 0.360. The Morgan fingerprint density at radius 3 is 2.29 bits per heavy atom. The standard InChI is InChI=1S/C25H24O13/c1-9-3-11-18(13(26)4-9)22(32)19-12(20(11)30)5-10(35-2)6-14(19)37-25-24(34)23(33)21(31)15(38-25)8-36-17(29)7-16(27)28/h3-6,15,21,23-26,31,33-34H,7-8H2,1-2H3,(H,27,28). The molecule has 5 unspecified atom stereocenters. The number of fused-ring (bicyclic) bond motifs is 2. The van der Waals surface area contributed by atoms with Gasteiger partial charge in [-0.05, 0) is 30.7 Å². The zero-order valence-corrected chi connectivity index (χ0v) is 20.1. The lowest BCUT2D eigenvalue weighted by molar-refractivity contribution is -0.278. The number of phenols is 1. The number of ketones is 2. The summed E-state index contributed by atoms with van der Waals surface area (Å²) >= 11 is 0.